The van der Waals surface area contributed by atoms with Gasteiger partial charge in [0.15, 0.2) is 0 Å². The molecule has 0 saturated carbocycles. The molecule has 1 aliphatic rings. The van der Waals surface area contributed by atoms with E-state index in [0.717, 1.165) is 42.5 Å². The molecule has 1 atom stereocenters. The summed E-state index contributed by atoms with van der Waals surface area (Å²) in [5.74, 6) is 0.0507. The van der Waals surface area contributed by atoms with Crippen molar-refractivity contribution in [2.75, 3.05) is 19.6 Å². The van der Waals surface area contributed by atoms with Crippen molar-refractivity contribution in [3.8, 4) is 0 Å². The van der Waals surface area contributed by atoms with E-state index < -0.39 is 0 Å². The number of nitrogens with one attached hydrogen (secondary N) is 1. The van der Waals surface area contributed by atoms with Crippen LogP contribution in [0.4, 0.5) is 0 Å². The number of hydrogen-bond acceptors (Lipinski definition) is 2. The molecule has 22 heavy (non-hydrogen) atoms. The van der Waals surface area contributed by atoms with Gasteiger partial charge in [-0.25, -0.2) is 0 Å². The molecule has 4 heteroatoms. The van der Waals surface area contributed by atoms with Crippen molar-refractivity contribution in [2.24, 2.45) is 5.92 Å². The predicted octanol–water partition coefficient (Wildman–Crippen LogP) is 2.68. The molecule has 0 bridgehead atoms. The Bertz CT molecular complexity index is 534. The number of hydrogen-bond donors (Lipinski definition) is 1. The Hall–Kier alpha value is -1.84. The van der Waals surface area contributed by atoms with Crippen molar-refractivity contribution in [1.29, 1.82) is 0 Å². The molecule has 1 N–H and O–H groups in total. The maximum atomic E-state index is 12.7. The molecule has 1 unspecified atom stereocenters. The Morgan fingerprint density at radius 3 is 2.55 bits per heavy atom. The summed E-state index contributed by atoms with van der Waals surface area (Å²) < 4.78 is 0. The van der Waals surface area contributed by atoms with Crippen molar-refractivity contribution in [2.45, 2.75) is 40.0 Å². The van der Waals surface area contributed by atoms with Crippen LogP contribution in [0.15, 0.2) is 18.2 Å². The molecular formula is C18H26N2O2. The van der Waals surface area contributed by atoms with Gasteiger partial charge in [0.1, 0.15) is 0 Å². The van der Waals surface area contributed by atoms with E-state index in [0.29, 0.717) is 13.1 Å². The lowest BCUT2D eigenvalue weighted by Gasteiger charge is -2.32. The Morgan fingerprint density at radius 1 is 1.23 bits per heavy atom. The molecule has 1 fully saturated rings. The number of piperidine rings is 1. The maximum absolute atomic E-state index is 12.7. The second kappa shape index (κ2) is 7.43. The fourth-order valence-electron chi connectivity index (χ4n) is 3.05. The van der Waals surface area contributed by atoms with E-state index in [1.165, 1.54) is 0 Å². The topological polar surface area (TPSA) is 49.4 Å². The lowest BCUT2D eigenvalue weighted by molar-refractivity contribution is -0.126. The largest absolute Gasteiger partial charge is 0.356 e. The minimum atomic E-state index is -0.0739. The van der Waals surface area contributed by atoms with E-state index in [1.54, 1.807) is 0 Å². The minimum Gasteiger partial charge on any atom is -0.356 e. The Morgan fingerprint density at radius 2 is 1.91 bits per heavy atom. The first kappa shape index (κ1) is 16.5. The number of amides is 2. The van der Waals surface area contributed by atoms with E-state index >= 15 is 0 Å². The van der Waals surface area contributed by atoms with Crippen LogP contribution in [0.5, 0.6) is 0 Å². The molecule has 2 rings (SSSR count). The molecule has 1 aromatic rings. The van der Waals surface area contributed by atoms with Crippen molar-refractivity contribution in [3.63, 3.8) is 0 Å². The summed E-state index contributed by atoms with van der Waals surface area (Å²) in [5, 5.41) is 2.94. The van der Waals surface area contributed by atoms with Gasteiger partial charge in [-0.3, -0.25) is 9.59 Å². The average Bonchev–Trinajstić information content (AvgIpc) is 2.51. The van der Waals surface area contributed by atoms with E-state index in [9.17, 15) is 9.59 Å². The number of carbonyl (C=O) groups excluding carboxylic acids is 2. The number of carbonyl (C=O) groups is 2. The van der Waals surface area contributed by atoms with Gasteiger partial charge >= 0.3 is 0 Å². The molecular weight excluding hydrogens is 276 g/mol. The number of rotatable bonds is 4. The van der Waals surface area contributed by atoms with Crippen molar-refractivity contribution < 1.29 is 9.59 Å². The van der Waals surface area contributed by atoms with Crippen LogP contribution < -0.4 is 5.32 Å². The molecule has 0 aliphatic carbocycles. The van der Waals surface area contributed by atoms with Gasteiger partial charge in [-0.05, 0) is 45.2 Å². The highest BCUT2D eigenvalue weighted by atomic mass is 16.2. The third kappa shape index (κ3) is 4.09. The van der Waals surface area contributed by atoms with Gasteiger partial charge in [0.05, 0.1) is 5.92 Å². The van der Waals surface area contributed by atoms with Gasteiger partial charge < -0.3 is 10.2 Å². The van der Waals surface area contributed by atoms with Crippen LogP contribution in [-0.4, -0.2) is 36.3 Å². The minimum absolute atomic E-state index is 0.0415. The number of aryl methyl sites for hydroxylation is 2. The van der Waals surface area contributed by atoms with Crippen LogP contribution in [-0.2, 0) is 4.79 Å². The SMILES string of the molecule is CCCNC(=O)C1CCCN(C(=O)c2cc(C)cc(C)c2)C1. The summed E-state index contributed by atoms with van der Waals surface area (Å²) in [5.41, 5.74) is 2.92. The predicted molar refractivity (Wildman–Crippen MR) is 87.8 cm³/mol. The van der Waals surface area contributed by atoms with Crippen molar-refractivity contribution in [3.05, 3.63) is 34.9 Å². The molecule has 2 amide bonds. The van der Waals surface area contributed by atoms with Gasteiger partial charge in [0.2, 0.25) is 5.91 Å². The van der Waals surface area contributed by atoms with Crippen LogP contribution in [0.2, 0.25) is 0 Å². The van der Waals surface area contributed by atoms with E-state index in [4.69, 9.17) is 0 Å². The summed E-state index contributed by atoms with van der Waals surface area (Å²) in [6, 6.07) is 5.92. The molecule has 1 heterocycles. The standard InChI is InChI=1S/C18H26N2O2/c1-4-7-19-17(21)15-6-5-8-20(12-15)18(22)16-10-13(2)9-14(3)11-16/h9-11,15H,4-8,12H2,1-3H3,(H,19,21). The third-order valence-electron chi connectivity index (χ3n) is 4.10. The lowest BCUT2D eigenvalue weighted by Crippen LogP contribution is -2.45. The molecule has 0 aromatic heterocycles. The Labute approximate surface area is 132 Å². The normalized spacial score (nSPS) is 18.1. The zero-order chi connectivity index (χ0) is 16.1. The van der Waals surface area contributed by atoms with Gasteiger partial charge in [0, 0.05) is 25.2 Å². The van der Waals surface area contributed by atoms with E-state index in [-0.39, 0.29) is 17.7 Å². The van der Waals surface area contributed by atoms with Gasteiger partial charge in [-0.2, -0.15) is 0 Å². The van der Waals surface area contributed by atoms with Gasteiger partial charge in [-0.1, -0.05) is 24.1 Å². The fourth-order valence-corrected chi connectivity index (χ4v) is 3.05. The summed E-state index contributed by atoms with van der Waals surface area (Å²) in [4.78, 5) is 26.6. The second-order valence-corrected chi connectivity index (χ2v) is 6.26. The first-order valence-corrected chi connectivity index (χ1v) is 8.16. The maximum Gasteiger partial charge on any atom is 0.253 e. The van der Waals surface area contributed by atoms with Crippen LogP contribution in [0.25, 0.3) is 0 Å². The molecule has 4 nitrogen and oxygen atoms in total. The number of likely N-dealkylation sites (tertiary alicyclic amines) is 1. The molecule has 1 aliphatic heterocycles. The third-order valence-corrected chi connectivity index (χ3v) is 4.10. The van der Waals surface area contributed by atoms with Gasteiger partial charge in [-0.15, -0.1) is 0 Å². The zero-order valence-electron chi connectivity index (χ0n) is 13.8. The van der Waals surface area contributed by atoms with E-state index in [1.807, 2.05) is 37.8 Å². The summed E-state index contributed by atoms with van der Waals surface area (Å²) in [6.07, 6.45) is 2.69. The number of nitrogens with zero attached hydrogens (tertiary/aromatic N) is 1. The highest BCUT2D eigenvalue weighted by Crippen LogP contribution is 2.20. The summed E-state index contributed by atoms with van der Waals surface area (Å²) in [6.45, 7) is 8.02. The monoisotopic (exact) mass is 302 g/mol. The van der Waals surface area contributed by atoms with Crippen LogP contribution >= 0.6 is 0 Å². The highest BCUT2D eigenvalue weighted by Gasteiger charge is 2.28. The quantitative estimate of drug-likeness (QED) is 0.929. The first-order chi connectivity index (χ1) is 10.5. The van der Waals surface area contributed by atoms with Crippen LogP contribution in [0.3, 0.4) is 0 Å². The van der Waals surface area contributed by atoms with Crippen LogP contribution in [0, 0.1) is 19.8 Å². The van der Waals surface area contributed by atoms with Crippen molar-refractivity contribution in [1.82, 2.24) is 10.2 Å². The lowest BCUT2D eigenvalue weighted by atomic mass is 9.96. The zero-order valence-corrected chi connectivity index (χ0v) is 13.8. The second-order valence-electron chi connectivity index (χ2n) is 6.26. The molecule has 120 valence electrons. The van der Waals surface area contributed by atoms with E-state index in [2.05, 4.69) is 11.4 Å². The Balaban J connectivity index is 2.05. The number of benzene rings is 1. The Kier molecular flexibility index (Phi) is 5.58. The molecule has 1 saturated heterocycles. The van der Waals surface area contributed by atoms with Gasteiger partial charge in [0.25, 0.3) is 5.91 Å². The smallest absolute Gasteiger partial charge is 0.253 e. The van der Waals surface area contributed by atoms with Crippen molar-refractivity contribution >= 4 is 11.8 Å². The molecule has 1 aromatic carbocycles. The molecule has 0 radical (unpaired) electrons. The fraction of sp³-hybridized carbons (Fsp3) is 0.556. The molecule has 0 spiro atoms. The van der Waals surface area contributed by atoms with Crippen LogP contribution in [0.1, 0.15) is 47.7 Å². The first-order valence-electron chi connectivity index (χ1n) is 8.16. The summed E-state index contributed by atoms with van der Waals surface area (Å²) >= 11 is 0. The average molecular weight is 302 g/mol. The summed E-state index contributed by atoms with van der Waals surface area (Å²) in [7, 11) is 0. The highest BCUT2D eigenvalue weighted by molar-refractivity contribution is 5.95.